The van der Waals surface area contributed by atoms with Crippen molar-refractivity contribution < 1.29 is 14.3 Å². The Bertz CT molecular complexity index is 568. The molecular formula is C15H19N3O3. The Kier molecular flexibility index (Phi) is 4.26. The van der Waals surface area contributed by atoms with Crippen LogP contribution in [0.5, 0.6) is 5.75 Å². The Balaban J connectivity index is 2.10. The Morgan fingerprint density at radius 1 is 1.29 bits per heavy atom. The fourth-order valence-corrected chi connectivity index (χ4v) is 1.95. The first-order valence-electron chi connectivity index (χ1n) is 6.93. The number of hydrogen-bond donors (Lipinski definition) is 1. The number of amides is 3. The molecule has 0 saturated carbocycles. The standard InChI is InChI=1S/C15H19N3O3/c1-4-15(3)13(19)18(14(20)17-15)16-10-11-6-8-12(9-7-11)21-5-2/h6-10H,4-5H2,1-3H3,(H,17,20)/b16-10+. The van der Waals surface area contributed by atoms with Crippen LogP contribution in [-0.4, -0.2) is 35.3 Å². The van der Waals surface area contributed by atoms with Gasteiger partial charge in [0.1, 0.15) is 11.3 Å². The van der Waals surface area contributed by atoms with Crippen LogP contribution < -0.4 is 10.1 Å². The average Bonchev–Trinajstić information content (AvgIpc) is 2.70. The molecule has 1 N–H and O–H groups in total. The second-order valence-electron chi connectivity index (χ2n) is 4.98. The van der Waals surface area contributed by atoms with Gasteiger partial charge in [0.15, 0.2) is 0 Å². The van der Waals surface area contributed by atoms with Crippen molar-refractivity contribution in [2.24, 2.45) is 5.10 Å². The minimum absolute atomic E-state index is 0.336. The number of hydrazone groups is 1. The molecule has 2 rings (SSSR count). The Morgan fingerprint density at radius 3 is 2.48 bits per heavy atom. The van der Waals surface area contributed by atoms with E-state index in [1.54, 1.807) is 6.92 Å². The van der Waals surface area contributed by atoms with E-state index in [0.29, 0.717) is 13.0 Å². The molecule has 0 radical (unpaired) electrons. The van der Waals surface area contributed by atoms with Crippen LogP contribution in [0.2, 0.25) is 0 Å². The first-order valence-corrected chi connectivity index (χ1v) is 6.93. The summed E-state index contributed by atoms with van der Waals surface area (Å²) in [5.41, 5.74) is -0.0862. The van der Waals surface area contributed by atoms with Crippen LogP contribution in [0.3, 0.4) is 0 Å². The highest BCUT2D eigenvalue weighted by atomic mass is 16.5. The normalized spacial score (nSPS) is 22.0. The number of benzene rings is 1. The lowest BCUT2D eigenvalue weighted by Crippen LogP contribution is -2.42. The number of carbonyl (C=O) groups excluding carboxylic acids is 2. The molecular weight excluding hydrogens is 270 g/mol. The summed E-state index contributed by atoms with van der Waals surface area (Å²) >= 11 is 0. The Labute approximate surface area is 123 Å². The lowest BCUT2D eigenvalue weighted by Gasteiger charge is -2.17. The molecule has 6 heteroatoms. The van der Waals surface area contributed by atoms with Crippen molar-refractivity contribution in [1.29, 1.82) is 0 Å². The van der Waals surface area contributed by atoms with Gasteiger partial charge >= 0.3 is 6.03 Å². The van der Waals surface area contributed by atoms with Crippen LogP contribution in [0, 0.1) is 0 Å². The van der Waals surface area contributed by atoms with Crippen molar-refractivity contribution >= 4 is 18.2 Å². The Morgan fingerprint density at radius 2 is 1.95 bits per heavy atom. The third kappa shape index (κ3) is 3.04. The summed E-state index contributed by atoms with van der Waals surface area (Å²) in [6, 6.07) is 6.75. The second-order valence-corrected chi connectivity index (χ2v) is 4.98. The lowest BCUT2D eigenvalue weighted by molar-refractivity contribution is -0.130. The molecule has 1 unspecified atom stereocenters. The van der Waals surface area contributed by atoms with Crippen molar-refractivity contribution in [2.45, 2.75) is 32.7 Å². The molecule has 6 nitrogen and oxygen atoms in total. The van der Waals surface area contributed by atoms with Gasteiger partial charge < -0.3 is 10.1 Å². The molecule has 0 bridgehead atoms. The lowest BCUT2D eigenvalue weighted by atomic mass is 10.00. The number of urea groups is 1. The molecule has 1 aromatic carbocycles. The SMILES string of the molecule is CCOc1ccc(/C=N/N2C(=O)NC(C)(CC)C2=O)cc1. The minimum Gasteiger partial charge on any atom is -0.494 e. The summed E-state index contributed by atoms with van der Waals surface area (Å²) in [6.07, 6.45) is 2.00. The summed E-state index contributed by atoms with van der Waals surface area (Å²) in [5.74, 6) is 0.431. The fraction of sp³-hybridized carbons (Fsp3) is 0.400. The molecule has 1 aliphatic rings. The largest absolute Gasteiger partial charge is 0.494 e. The second kappa shape index (κ2) is 5.95. The maximum absolute atomic E-state index is 12.1. The van der Waals surface area contributed by atoms with Gasteiger partial charge in [-0.3, -0.25) is 4.79 Å². The zero-order valence-corrected chi connectivity index (χ0v) is 12.4. The average molecular weight is 289 g/mol. The number of nitrogens with zero attached hydrogens (tertiary/aromatic N) is 2. The first-order chi connectivity index (χ1) is 10.00. The highest BCUT2D eigenvalue weighted by Crippen LogP contribution is 2.21. The number of nitrogens with one attached hydrogen (secondary N) is 1. The molecule has 0 aromatic heterocycles. The molecule has 1 aromatic rings. The van der Waals surface area contributed by atoms with Crippen LogP contribution >= 0.6 is 0 Å². The summed E-state index contributed by atoms with van der Waals surface area (Å²) < 4.78 is 5.34. The van der Waals surface area contributed by atoms with Gasteiger partial charge in [-0.1, -0.05) is 6.92 Å². The van der Waals surface area contributed by atoms with Crippen LogP contribution in [0.1, 0.15) is 32.8 Å². The van der Waals surface area contributed by atoms with Gasteiger partial charge in [0.25, 0.3) is 5.91 Å². The summed E-state index contributed by atoms with van der Waals surface area (Å²) in [6.45, 7) is 6.06. The maximum Gasteiger partial charge on any atom is 0.346 e. The summed E-state index contributed by atoms with van der Waals surface area (Å²) in [4.78, 5) is 23.9. The highest BCUT2D eigenvalue weighted by Gasteiger charge is 2.46. The molecule has 1 fully saturated rings. The topological polar surface area (TPSA) is 71.0 Å². The zero-order valence-electron chi connectivity index (χ0n) is 12.4. The third-order valence-electron chi connectivity index (χ3n) is 3.46. The smallest absolute Gasteiger partial charge is 0.346 e. The summed E-state index contributed by atoms with van der Waals surface area (Å²) in [7, 11) is 0. The number of ether oxygens (including phenoxy) is 1. The van der Waals surface area contributed by atoms with E-state index >= 15 is 0 Å². The number of imide groups is 1. The fourth-order valence-electron chi connectivity index (χ4n) is 1.95. The number of rotatable bonds is 5. The van der Waals surface area contributed by atoms with Gasteiger partial charge in [0, 0.05) is 0 Å². The number of hydrogen-bond acceptors (Lipinski definition) is 4. The molecule has 112 valence electrons. The van der Waals surface area contributed by atoms with Crippen LogP contribution in [0.4, 0.5) is 4.79 Å². The molecule has 0 spiro atoms. The third-order valence-corrected chi connectivity index (χ3v) is 3.46. The van der Waals surface area contributed by atoms with Gasteiger partial charge in [-0.2, -0.15) is 5.10 Å². The van der Waals surface area contributed by atoms with E-state index in [2.05, 4.69) is 10.4 Å². The van der Waals surface area contributed by atoms with Crippen molar-refractivity contribution in [3.05, 3.63) is 29.8 Å². The van der Waals surface area contributed by atoms with Gasteiger partial charge in [0.05, 0.1) is 12.8 Å². The van der Waals surface area contributed by atoms with Crippen LogP contribution in [0.25, 0.3) is 0 Å². The van der Waals surface area contributed by atoms with E-state index in [1.165, 1.54) is 6.21 Å². The van der Waals surface area contributed by atoms with Gasteiger partial charge in [-0.25, -0.2) is 4.79 Å². The first kappa shape index (κ1) is 15.0. The number of carbonyl (C=O) groups is 2. The monoisotopic (exact) mass is 289 g/mol. The van der Waals surface area contributed by atoms with E-state index < -0.39 is 11.6 Å². The van der Waals surface area contributed by atoms with E-state index in [0.717, 1.165) is 16.3 Å². The predicted molar refractivity (Wildman–Crippen MR) is 79.3 cm³/mol. The van der Waals surface area contributed by atoms with Gasteiger partial charge in [0.2, 0.25) is 0 Å². The van der Waals surface area contributed by atoms with E-state index in [1.807, 2.05) is 38.1 Å². The summed E-state index contributed by atoms with van der Waals surface area (Å²) in [5, 5.41) is 7.50. The Hall–Kier alpha value is -2.37. The molecule has 1 heterocycles. The van der Waals surface area contributed by atoms with Crippen LogP contribution in [0.15, 0.2) is 29.4 Å². The van der Waals surface area contributed by atoms with Crippen LogP contribution in [-0.2, 0) is 4.79 Å². The van der Waals surface area contributed by atoms with E-state index in [-0.39, 0.29) is 5.91 Å². The minimum atomic E-state index is -0.868. The molecule has 0 aliphatic carbocycles. The molecule has 1 aliphatic heterocycles. The van der Waals surface area contributed by atoms with E-state index in [9.17, 15) is 9.59 Å². The quantitative estimate of drug-likeness (QED) is 0.667. The predicted octanol–water partition coefficient (Wildman–Crippen LogP) is 2.14. The molecule has 21 heavy (non-hydrogen) atoms. The van der Waals surface area contributed by atoms with Crippen molar-refractivity contribution in [3.63, 3.8) is 0 Å². The zero-order chi connectivity index (χ0) is 15.5. The maximum atomic E-state index is 12.1. The molecule has 1 atom stereocenters. The van der Waals surface area contributed by atoms with Gasteiger partial charge in [-0.15, -0.1) is 5.01 Å². The van der Waals surface area contributed by atoms with Crippen molar-refractivity contribution in [2.75, 3.05) is 6.61 Å². The van der Waals surface area contributed by atoms with Crippen molar-refractivity contribution in [1.82, 2.24) is 10.3 Å². The van der Waals surface area contributed by atoms with E-state index in [4.69, 9.17) is 4.74 Å². The van der Waals surface area contributed by atoms with Gasteiger partial charge in [-0.05, 0) is 50.1 Å². The molecule has 3 amide bonds. The van der Waals surface area contributed by atoms with Crippen molar-refractivity contribution in [3.8, 4) is 5.75 Å². The highest BCUT2D eigenvalue weighted by molar-refractivity contribution is 6.07. The molecule has 1 saturated heterocycles.